The molecule has 114 valence electrons. The fourth-order valence-corrected chi connectivity index (χ4v) is 2.71. The Kier molecular flexibility index (Phi) is 3.98. The quantitative estimate of drug-likeness (QED) is 0.358. The lowest BCUT2D eigenvalue weighted by molar-refractivity contribution is -0.0499. The number of hydrogen-bond donors (Lipinski definition) is 1. The number of nitrogens with zero attached hydrogens (tertiary/aromatic N) is 1. The molecule has 0 radical (unpaired) electrons. The normalized spacial score (nSPS) is 12.6. The average molecular weight is 406 g/mol. The number of anilines is 1. The first kappa shape index (κ1) is 16.1. The number of pyridine rings is 1. The third kappa shape index (κ3) is 3.01. The van der Waals surface area contributed by atoms with Crippen LogP contribution in [0, 0.1) is 0 Å². The maximum atomic E-state index is 12.4. The number of halogens is 5. The SMILES string of the molecule is Nc1cc(Br)c2cnc(Cl)cc2c1OS(=O)(=O)C(F)(F)F. The van der Waals surface area contributed by atoms with Gasteiger partial charge in [-0.05, 0) is 12.1 Å². The number of nitrogen functional groups attached to an aromatic ring is 1. The third-order valence-corrected chi connectivity index (χ3v) is 4.21. The van der Waals surface area contributed by atoms with E-state index in [0.717, 1.165) is 6.07 Å². The van der Waals surface area contributed by atoms with Crippen molar-refractivity contribution < 1.29 is 25.8 Å². The van der Waals surface area contributed by atoms with Crippen molar-refractivity contribution in [1.82, 2.24) is 4.98 Å². The summed E-state index contributed by atoms with van der Waals surface area (Å²) >= 11 is 8.80. The van der Waals surface area contributed by atoms with Gasteiger partial charge in [0.25, 0.3) is 0 Å². The first-order valence-electron chi connectivity index (χ1n) is 5.07. The first-order valence-corrected chi connectivity index (χ1v) is 7.65. The van der Waals surface area contributed by atoms with Crippen LogP contribution < -0.4 is 9.92 Å². The number of hydrogen-bond acceptors (Lipinski definition) is 5. The maximum absolute atomic E-state index is 12.4. The molecule has 0 aliphatic rings. The summed E-state index contributed by atoms with van der Waals surface area (Å²) in [6.07, 6.45) is 1.24. The second-order valence-electron chi connectivity index (χ2n) is 3.81. The summed E-state index contributed by atoms with van der Waals surface area (Å²) in [5.41, 5.74) is -0.337. The minimum absolute atomic E-state index is 0.0188. The summed E-state index contributed by atoms with van der Waals surface area (Å²) in [7, 11) is -5.85. The van der Waals surface area contributed by atoms with Crippen LogP contribution in [0.25, 0.3) is 10.8 Å². The Morgan fingerprint density at radius 1 is 1.29 bits per heavy atom. The van der Waals surface area contributed by atoms with E-state index in [1.54, 1.807) is 0 Å². The Morgan fingerprint density at radius 2 is 1.90 bits per heavy atom. The van der Waals surface area contributed by atoms with E-state index >= 15 is 0 Å². The highest BCUT2D eigenvalue weighted by Crippen LogP contribution is 2.40. The molecule has 0 aliphatic carbocycles. The number of alkyl halides is 3. The number of nitrogens with two attached hydrogens (primary N) is 1. The van der Waals surface area contributed by atoms with E-state index in [0.29, 0.717) is 9.86 Å². The smallest absolute Gasteiger partial charge is 0.396 e. The molecule has 0 spiro atoms. The molecule has 1 aromatic heterocycles. The van der Waals surface area contributed by atoms with Gasteiger partial charge in [0.1, 0.15) is 5.15 Å². The Bertz CT molecular complexity index is 826. The van der Waals surface area contributed by atoms with Crippen LogP contribution in [-0.4, -0.2) is 18.9 Å². The van der Waals surface area contributed by atoms with Crippen molar-refractivity contribution in [3.63, 3.8) is 0 Å². The molecule has 2 rings (SSSR count). The molecule has 11 heteroatoms. The van der Waals surface area contributed by atoms with E-state index in [2.05, 4.69) is 25.1 Å². The lowest BCUT2D eigenvalue weighted by atomic mass is 10.1. The number of aromatic nitrogens is 1. The second-order valence-corrected chi connectivity index (χ2v) is 6.59. The first-order chi connectivity index (χ1) is 9.53. The Labute approximate surface area is 130 Å². The van der Waals surface area contributed by atoms with Crippen molar-refractivity contribution in [3.8, 4) is 5.75 Å². The van der Waals surface area contributed by atoms with Crippen LogP contribution in [0.2, 0.25) is 5.15 Å². The fourth-order valence-electron chi connectivity index (χ4n) is 1.49. The fraction of sp³-hybridized carbons (Fsp3) is 0.100. The van der Waals surface area contributed by atoms with Crippen LogP contribution >= 0.6 is 27.5 Å². The van der Waals surface area contributed by atoms with Crippen LogP contribution in [-0.2, 0) is 10.1 Å². The van der Waals surface area contributed by atoms with E-state index in [-0.39, 0.29) is 16.2 Å². The molecule has 0 unspecified atom stereocenters. The van der Waals surface area contributed by atoms with Crippen molar-refractivity contribution in [2.45, 2.75) is 5.51 Å². The Morgan fingerprint density at radius 3 is 2.48 bits per heavy atom. The highest BCUT2D eigenvalue weighted by molar-refractivity contribution is 9.10. The molecular weight excluding hydrogens is 401 g/mol. The van der Waals surface area contributed by atoms with Gasteiger partial charge < -0.3 is 9.92 Å². The van der Waals surface area contributed by atoms with Crippen LogP contribution in [0.5, 0.6) is 5.75 Å². The number of benzene rings is 1. The minimum atomic E-state index is -5.85. The average Bonchev–Trinajstić information content (AvgIpc) is 2.32. The molecule has 0 amide bonds. The molecule has 1 heterocycles. The number of fused-ring (bicyclic) bond motifs is 1. The Hall–Kier alpha value is -1.26. The molecule has 2 aromatic rings. The van der Waals surface area contributed by atoms with Crippen molar-refractivity contribution in [2.75, 3.05) is 5.73 Å². The zero-order valence-electron chi connectivity index (χ0n) is 9.78. The van der Waals surface area contributed by atoms with Crippen molar-refractivity contribution in [3.05, 3.63) is 28.0 Å². The largest absolute Gasteiger partial charge is 0.534 e. The topological polar surface area (TPSA) is 82.3 Å². The van der Waals surface area contributed by atoms with Crippen LogP contribution in [0.4, 0.5) is 18.9 Å². The van der Waals surface area contributed by atoms with E-state index < -0.39 is 21.4 Å². The zero-order chi connectivity index (χ0) is 16.0. The number of rotatable bonds is 2. The van der Waals surface area contributed by atoms with Gasteiger partial charge in [-0.15, -0.1) is 0 Å². The molecule has 0 atom stereocenters. The van der Waals surface area contributed by atoms with E-state index in [9.17, 15) is 21.6 Å². The van der Waals surface area contributed by atoms with E-state index in [1.807, 2.05) is 0 Å². The summed E-state index contributed by atoms with van der Waals surface area (Å²) in [6, 6.07) is 2.36. The standard InChI is InChI=1S/C10H5BrClF3N2O3S/c11-6-2-7(16)9(20-21(18,19)10(13,14)15)4-1-8(12)17-3-5(4)6/h1-3H,16H2. The van der Waals surface area contributed by atoms with Crippen molar-refractivity contribution in [1.29, 1.82) is 0 Å². The Balaban J connectivity index is 2.72. The van der Waals surface area contributed by atoms with Crippen molar-refractivity contribution >= 4 is 54.1 Å². The molecule has 0 saturated heterocycles. The van der Waals surface area contributed by atoms with Gasteiger partial charge in [-0.3, -0.25) is 0 Å². The summed E-state index contributed by atoms with van der Waals surface area (Å²) in [5.74, 6) is -0.658. The molecule has 1 aromatic carbocycles. The molecule has 0 bridgehead atoms. The molecule has 0 aliphatic heterocycles. The van der Waals surface area contributed by atoms with Crippen LogP contribution in [0.3, 0.4) is 0 Å². The maximum Gasteiger partial charge on any atom is 0.534 e. The lowest BCUT2D eigenvalue weighted by Crippen LogP contribution is -2.28. The molecule has 0 saturated carbocycles. The summed E-state index contributed by atoms with van der Waals surface area (Å²) < 4.78 is 64.0. The van der Waals surface area contributed by atoms with Gasteiger partial charge in [0.05, 0.1) is 5.69 Å². The predicted molar refractivity (Wildman–Crippen MR) is 74.5 cm³/mol. The van der Waals surface area contributed by atoms with Gasteiger partial charge >= 0.3 is 15.6 Å². The second kappa shape index (κ2) is 5.18. The van der Waals surface area contributed by atoms with Gasteiger partial charge in [0.2, 0.25) is 0 Å². The highest BCUT2D eigenvalue weighted by atomic mass is 79.9. The van der Waals surface area contributed by atoms with Gasteiger partial charge in [-0.25, -0.2) is 4.98 Å². The van der Waals surface area contributed by atoms with E-state index in [4.69, 9.17) is 17.3 Å². The van der Waals surface area contributed by atoms with Crippen LogP contribution in [0.15, 0.2) is 22.8 Å². The van der Waals surface area contributed by atoms with E-state index in [1.165, 1.54) is 12.3 Å². The van der Waals surface area contributed by atoms with Gasteiger partial charge in [0.15, 0.2) is 5.75 Å². The zero-order valence-corrected chi connectivity index (χ0v) is 12.9. The summed E-state index contributed by atoms with van der Waals surface area (Å²) in [4.78, 5) is 3.75. The highest BCUT2D eigenvalue weighted by Gasteiger charge is 2.49. The summed E-state index contributed by atoms with van der Waals surface area (Å²) in [6.45, 7) is 0. The lowest BCUT2D eigenvalue weighted by Gasteiger charge is -2.14. The predicted octanol–water partition coefficient (Wildman–Crippen LogP) is 3.46. The molecule has 2 N–H and O–H groups in total. The molecule has 5 nitrogen and oxygen atoms in total. The van der Waals surface area contributed by atoms with Gasteiger partial charge in [-0.1, -0.05) is 27.5 Å². The van der Waals surface area contributed by atoms with Crippen LogP contribution in [0.1, 0.15) is 0 Å². The molecule has 21 heavy (non-hydrogen) atoms. The van der Waals surface area contributed by atoms with Gasteiger partial charge in [0, 0.05) is 21.4 Å². The third-order valence-electron chi connectivity index (χ3n) is 2.39. The molecular formula is C10H5BrClF3N2O3S. The minimum Gasteiger partial charge on any atom is -0.396 e. The van der Waals surface area contributed by atoms with Crippen molar-refractivity contribution in [2.24, 2.45) is 0 Å². The summed E-state index contributed by atoms with van der Waals surface area (Å²) in [5, 5.41) is 0.213. The molecule has 0 fully saturated rings. The van der Waals surface area contributed by atoms with Gasteiger partial charge in [-0.2, -0.15) is 21.6 Å². The monoisotopic (exact) mass is 404 g/mol.